The van der Waals surface area contributed by atoms with Gasteiger partial charge in [0, 0.05) is 36.9 Å². The molecule has 2 aliphatic rings. The number of nitrogens with zero attached hydrogens (tertiary/aromatic N) is 6. The lowest BCUT2D eigenvalue weighted by atomic mass is 10.1. The van der Waals surface area contributed by atoms with Crippen LogP contribution >= 0.6 is 0 Å². The lowest BCUT2D eigenvalue weighted by Gasteiger charge is -2.15. The molecule has 0 spiro atoms. The van der Waals surface area contributed by atoms with Gasteiger partial charge in [-0.05, 0) is 31.0 Å². The van der Waals surface area contributed by atoms with Gasteiger partial charge in [-0.2, -0.15) is 5.10 Å². The number of imide groups is 1. The van der Waals surface area contributed by atoms with Crippen LogP contribution in [0.5, 0.6) is 0 Å². The molecule has 5 heterocycles. The van der Waals surface area contributed by atoms with Crippen LogP contribution < -0.4 is 0 Å². The maximum atomic E-state index is 12.7. The maximum absolute atomic E-state index is 12.7. The van der Waals surface area contributed by atoms with Gasteiger partial charge in [-0.3, -0.25) is 29.1 Å². The van der Waals surface area contributed by atoms with E-state index in [0.29, 0.717) is 12.4 Å². The van der Waals surface area contributed by atoms with Gasteiger partial charge in [-0.1, -0.05) is 0 Å². The Bertz CT molecular complexity index is 1090. The Balaban J connectivity index is 1.38. The van der Waals surface area contributed by atoms with Gasteiger partial charge < -0.3 is 0 Å². The third-order valence-electron chi connectivity index (χ3n) is 5.50. The Morgan fingerprint density at radius 3 is 2.96 bits per heavy atom. The summed E-state index contributed by atoms with van der Waals surface area (Å²) >= 11 is 0. The first-order valence-corrected chi connectivity index (χ1v) is 9.41. The number of pyridine rings is 2. The van der Waals surface area contributed by atoms with Gasteiger partial charge in [0.05, 0.1) is 42.2 Å². The lowest BCUT2D eigenvalue weighted by molar-refractivity contribution is -0.142. The van der Waals surface area contributed by atoms with E-state index in [1.165, 1.54) is 4.90 Å². The first kappa shape index (κ1) is 17.0. The lowest BCUT2D eigenvalue weighted by Crippen LogP contribution is -2.36. The summed E-state index contributed by atoms with van der Waals surface area (Å²) < 4.78 is 1.73. The van der Waals surface area contributed by atoms with Crippen LogP contribution in [0.1, 0.15) is 18.5 Å². The monoisotopic (exact) mass is 376 g/mol. The quantitative estimate of drug-likeness (QED) is 0.686. The molecule has 0 radical (unpaired) electrons. The van der Waals surface area contributed by atoms with Gasteiger partial charge in [0.15, 0.2) is 0 Å². The van der Waals surface area contributed by atoms with Gasteiger partial charge in [0.25, 0.3) is 0 Å². The minimum Gasteiger partial charge on any atom is -0.275 e. The number of amides is 2. The van der Waals surface area contributed by atoms with Gasteiger partial charge in [-0.15, -0.1) is 0 Å². The molecule has 0 N–H and O–H groups in total. The van der Waals surface area contributed by atoms with E-state index >= 15 is 0 Å². The molecule has 2 aliphatic heterocycles. The van der Waals surface area contributed by atoms with Gasteiger partial charge in [0.1, 0.15) is 0 Å². The molecule has 1 unspecified atom stereocenters. The van der Waals surface area contributed by atoms with E-state index in [2.05, 4.69) is 15.0 Å². The molecule has 3 aromatic heterocycles. The van der Waals surface area contributed by atoms with Crippen molar-refractivity contribution in [2.24, 2.45) is 7.05 Å². The fourth-order valence-electron chi connectivity index (χ4n) is 4.03. The Labute approximate surface area is 161 Å². The normalized spacial score (nSPS) is 19.5. The molecule has 0 bridgehead atoms. The van der Waals surface area contributed by atoms with Crippen molar-refractivity contribution in [3.63, 3.8) is 0 Å². The zero-order valence-corrected chi connectivity index (χ0v) is 15.6. The number of aromatic nitrogens is 4. The highest BCUT2D eigenvalue weighted by Crippen LogP contribution is 2.26. The molecule has 2 saturated heterocycles. The summed E-state index contributed by atoms with van der Waals surface area (Å²) in [4.78, 5) is 37.7. The van der Waals surface area contributed by atoms with Crippen LogP contribution in [0.3, 0.4) is 0 Å². The zero-order chi connectivity index (χ0) is 19.3. The number of carbonyl (C=O) groups is 2. The van der Waals surface area contributed by atoms with Crippen molar-refractivity contribution in [2.45, 2.75) is 25.3 Å². The minimum atomic E-state index is -0.199. The molecular weight excluding hydrogens is 356 g/mol. The number of aryl methyl sites for hydroxylation is 1. The predicted molar refractivity (Wildman–Crippen MR) is 102 cm³/mol. The smallest absolute Gasteiger partial charge is 0.247 e. The summed E-state index contributed by atoms with van der Waals surface area (Å²) in [5.74, 6) is -0.269. The van der Waals surface area contributed by atoms with Crippen LogP contribution in [0.4, 0.5) is 0 Å². The Morgan fingerprint density at radius 1 is 1.29 bits per heavy atom. The van der Waals surface area contributed by atoms with E-state index < -0.39 is 0 Å². The molecule has 3 aromatic rings. The Hall–Kier alpha value is -3.13. The molecule has 8 heteroatoms. The molecule has 2 amide bonds. The highest BCUT2D eigenvalue weighted by molar-refractivity contribution is 6.00. The summed E-state index contributed by atoms with van der Waals surface area (Å²) in [7, 11) is 1.86. The second-order valence-corrected chi connectivity index (χ2v) is 7.42. The van der Waals surface area contributed by atoms with E-state index in [9.17, 15) is 9.59 Å². The summed E-state index contributed by atoms with van der Waals surface area (Å²) in [6, 6.07) is 5.61. The summed E-state index contributed by atoms with van der Waals surface area (Å²) in [5.41, 5.74) is 3.14. The Kier molecular flexibility index (Phi) is 3.94. The fourth-order valence-corrected chi connectivity index (χ4v) is 4.03. The van der Waals surface area contributed by atoms with E-state index in [4.69, 9.17) is 4.98 Å². The molecule has 0 aliphatic carbocycles. The van der Waals surface area contributed by atoms with Crippen LogP contribution in [0, 0.1) is 0 Å². The second kappa shape index (κ2) is 6.49. The number of hydrogen-bond donors (Lipinski definition) is 0. The van der Waals surface area contributed by atoms with E-state index in [0.717, 1.165) is 41.5 Å². The number of carbonyl (C=O) groups excluding carboxylic acids is 2. The first-order valence-electron chi connectivity index (χ1n) is 9.41. The van der Waals surface area contributed by atoms with Gasteiger partial charge >= 0.3 is 0 Å². The van der Waals surface area contributed by atoms with Crippen LogP contribution in [0.25, 0.3) is 22.2 Å². The summed E-state index contributed by atoms with van der Waals surface area (Å²) in [6.45, 7) is 1.29. The standard InChI is InChI=1S/C20H20N6O2/c1-24-11-14(10-22-24)16-5-4-13-9-21-15(7-17(13)23-16)8-19(27)26-12-25-6-2-3-18(25)20(26)28/h4-5,7,9-11,18H,2-3,6,8,12H2,1H3. The second-order valence-electron chi connectivity index (χ2n) is 7.42. The molecule has 1 atom stereocenters. The van der Waals surface area contributed by atoms with Gasteiger partial charge in [-0.25, -0.2) is 4.98 Å². The van der Waals surface area contributed by atoms with Crippen LogP contribution in [-0.4, -0.2) is 60.6 Å². The average molecular weight is 376 g/mol. The van der Waals surface area contributed by atoms with Crippen molar-refractivity contribution in [1.82, 2.24) is 29.5 Å². The van der Waals surface area contributed by atoms with Crippen molar-refractivity contribution < 1.29 is 9.59 Å². The van der Waals surface area contributed by atoms with Crippen molar-refractivity contribution in [3.8, 4) is 11.3 Å². The molecule has 5 rings (SSSR count). The SMILES string of the molecule is Cn1cc(-c2ccc3cnc(CC(=O)N4CN5CCCC5C4=O)cc3n2)cn1. The first-order chi connectivity index (χ1) is 13.6. The molecule has 0 saturated carbocycles. The Morgan fingerprint density at radius 2 is 2.18 bits per heavy atom. The number of hydrogen-bond acceptors (Lipinski definition) is 6. The molecule has 2 fully saturated rings. The van der Waals surface area contributed by atoms with Crippen molar-refractivity contribution in [3.05, 3.63) is 42.5 Å². The summed E-state index contributed by atoms with van der Waals surface area (Å²) in [5, 5.41) is 5.09. The summed E-state index contributed by atoms with van der Waals surface area (Å²) in [6.07, 6.45) is 7.37. The topological polar surface area (TPSA) is 84.2 Å². The van der Waals surface area contributed by atoms with Crippen molar-refractivity contribution in [1.29, 1.82) is 0 Å². The highest BCUT2D eigenvalue weighted by Gasteiger charge is 2.43. The molecular formula is C20H20N6O2. The molecule has 142 valence electrons. The molecule has 8 nitrogen and oxygen atoms in total. The highest BCUT2D eigenvalue weighted by atomic mass is 16.2. The predicted octanol–water partition coefficient (Wildman–Crippen LogP) is 1.36. The van der Waals surface area contributed by atoms with E-state index in [1.54, 1.807) is 17.1 Å². The van der Waals surface area contributed by atoms with Gasteiger partial charge in [0.2, 0.25) is 11.8 Å². The maximum Gasteiger partial charge on any atom is 0.247 e. The van der Waals surface area contributed by atoms with Crippen LogP contribution in [-0.2, 0) is 23.1 Å². The minimum absolute atomic E-state index is 0.0692. The largest absolute Gasteiger partial charge is 0.275 e. The number of fused-ring (bicyclic) bond motifs is 2. The molecule has 28 heavy (non-hydrogen) atoms. The third kappa shape index (κ3) is 2.86. The van der Waals surface area contributed by atoms with Crippen molar-refractivity contribution >= 4 is 22.7 Å². The third-order valence-corrected chi connectivity index (χ3v) is 5.50. The van der Waals surface area contributed by atoms with E-state index in [-0.39, 0.29) is 24.3 Å². The molecule has 0 aromatic carbocycles. The fraction of sp³-hybridized carbons (Fsp3) is 0.350. The van der Waals surface area contributed by atoms with Crippen molar-refractivity contribution in [2.75, 3.05) is 13.2 Å². The van der Waals surface area contributed by atoms with E-state index in [1.807, 2.05) is 31.4 Å². The number of rotatable bonds is 3. The average Bonchev–Trinajstić information content (AvgIpc) is 3.39. The zero-order valence-electron chi connectivity index (χ0n) is 15.6. The van der Waals surface area contributed by atoms with Crippen LogP contribution in [0.2, 0.25) is 0 Å². The van der Waals surface area contributed by atoms with Crippen LogP contribution in [0.15, 0.2) is 36.8 Å².